The fraction of sp³-hybridized carbons (Fsp3) is 0.462. The Labute approximate surface area is 103 Å². The van der Waals surface area contributed by atoms with Gasteiger partial charge in [-0.3, -0.25) is 0 Å². The van der Waals surface area contributed by atoms with Crippen molar-refractivity contribution in [3.63, 3.8) is 0 Å². The third-order valence-corrected chi connectivity index (χ3v) is 2.66. The molecule has 94 valence electrons. The number of nitrogens with zero attached hydrogens (tertiary/aromatic N) is 1. The van der Waals surface area contributed by atoms with E-state index in [9.17, 15) is 0 Å². The molecule has 0 saturated heterocycles. The van der Waals surface area contributed by atoms with Crippen LogP contribution >= 0.6 is 0 Å². The molecule has 0 spiro atoms. The van der Waals surface area contributed by atoms with Gasteiger partial charge in [-0.25, -0.2) is 0 Å². The predicted octanol–water partition coefficient (Wildman–Crippen LogP) is 2.04. The minimum absolute atomic E-state index is 0.257. The Morgan fingerprint density at radius 1 is 1.35 bits per heavy atom. The molecule has 0 aliphatic carbocycles. The maximum atomic E-state index is 8.37. The average molecular weight is 235 g/mol. The molecule has 0 atom stereocenters. The van der Waals surface area contributed by atoms with Crippen LogP contribution in [0, 0.1) is 0 Å². The lowest BCUT2D eigenvalue weighted by atomic mass is 10.0. The van der Waals surface area contributed by atoms with Gasteiger partial charge in [-0.1, -0.05) is 43.3 Å². The van der Waals surface area contributed by atoms with Gasteiger partial charge in [0.2, 0.25) is 0 Å². The number of amidine groups is 1. The van der Waals surface area contributed by atoms with Gasteiger partial charge in [-0.15, -0.1) is 0 Å². The van der Waals surface area contributed by atoms with E-state index >= 15 is 0 Å². The van der Waals surface area contributed by atoms with Crippen LogP contribution in [-0.4, -0.2) is 17.6 Å². The van der Waals surface area contributed by atoms with E-state index in [0.717, 1.165) is 6.54 Å². The summed E-state index contributed by atoms with van der Waals surface area (Å²) < 4.78 is 0. The molecular formula is C13H21N3O. The van der Waals surface area contributed by atoms with Gasteiger partial charge in [0.25, 0.3) is 0 Å². The van der Waals surface area contributed by atoms with Crippen LogP contribution in [0.3, 0.4) is 0 Å². The molecule has 0 aromatic heterocycles. The highest BCUT2D eigenvalue weighted by Crippen LogP contribution is 2.14. The van der Waals surface area contributed by atoms with E-state index in [2.05, 4.69) is 48.6 Å². The molecule has 4 heteroatoms. The highest BCUT2D eigenvalue weighted by atomic mass is 16.4. The van der Waals surface area contributed by atoms with Crippen molar-refractivity contribution in [3.8, 4) is 0 Å². The third kappa shape index (κ3) is 4.87. The van der Waals surface area contributed by atoms with Gasteiger partial charge in [0.1, 0.15) is 5.84 Å². The molecule has 17 heavy (non-hydrogen) atoms. The number of benzene rings is 1. The molecular weight excluding hydrogens is 214 g/mol. The summed E-state index contributed by atoms with van der Waals surface area (Å²) in [6, 6.07) is 8.58. The van der Waals surface area contributed by atoms with E-state index in [1.807, 2.05) is 0 Å². The van der Waals surface area contributed by atoms with Crippen molar-refractivity contribution >= 4 is 5.84 Å². The number of hydrogen-bond acceptors (Lipinski definition) is 3. The van der Waals surface area contributed by atoms with Crippen LogP contribution in [0.2, 0.25) is 0 Å². The molecule has 0 fully saturated rings. The normalized spacial score (nSPS) is 12.1. The minimum atomic E-state index is 0.257. The Bertz CT molecular complexity index is 357. The van der Waals surface area contributed by atoms with E-state index in [4.69, 9.17) is 10.9 Å². The molecule has 0 saturated carbocycles. The first-order valence-electron chi connectivity index (χ1n) is 5.89. The van der Waals surface area contributed by atoms with Crippen LogP contribution in [0.4, 0.5) is 0 Å². The van der Waals surface area contributed by atoms with Gasteiger partial charge in [0, 0.05) is 19.5 Å². The zero-order valence-corrected chi connectivity index (χ0v) is 10.5. The van der Waals surface area contributed by atoms with E-state index in [1.54, 1.807) is 0 Å². The maximum Gasteiger partial charge on any atom is 0.140 e. The first-order valence-corrected chi connectivity index (χ1v) is 5.89. The van der Waals surface area contributed by atoms with Gasteiger partial charge < -0.3 is 16.3 Å². The summed E-state index contributed by atoms with van der Waals surface area (Å²) in [4.78, 5) is 0. The summed E-state index contributed by atoms with van der Waals surface area (Å²) in [6.07, 6.45) is 0.556. The second-order valence-electron chi connectivity index (χ2n) is 4.41. The fourth-order valence-corrected chi connectivity index (χ4v) is 1.52. The molecule has 0 radical (unpaired) electrons. The quantitative estimate of drug-likeness (QED) is 0.232. The maximum absolute atomic E-state index is 8.37. The zero-order chi connectivity index (χ0) is 12.7. The van der Waals surface area contributed by atoms with Crippen LogP contribution in [0.15, 0.2) is 29.4 Å². The van der Waals surface area contributed by atoms with E-state index in [0.29, 0.717) is 18.9 Å². The fourth-order valence-electron chi connectivity index (χ4n) is 1.52. The molecule has 4 nitrogen and oxygen atoms in total. The third-order valence-electron chi connectivity index (χ3n) is 2.66. The molecule has 4 N–H and O–H groups in total. The Balaban J connectivity index is 2.32. The first kappa shape index (κ1) is 13.5. The van der Waals surface area contributed by atoms with Gasteiger partial charge in [-0.05, 0) is 17.0 Å². The van der Waals surface area contributed by atoms with Crippen molar-refractivity contribution in [1.82, 2.24) is 5.32 Å². The first-order chi connectivity index (χ1) is 8.13. The van der Waals surface area contributed by atoms with Crippen LogP contribution < -0.4 is 11.1 Å². The lowest BCUT2D eigenvalue weighted by molar-refractivity contribution is 0.316. The highest BCUT2D eigenvalue weighted by molar-refractivity contribution is 5.79. The summed E-state index contributed by atoms with van der Waals surface area (Å²) in [5.74, 6) is 0.824. The van der Waals surface area contributed by atoms with Crippen molar-refractivity contribution < 1.29 is 5.21 Å². The number of rotatable bonds is 6. The van der Waals surface area contributed by atoms with Crippen molar-refractivity contribution in [1.29, 1.82) is 0 Å². The standard InChI is InChI=1S/C13H21N3O/c1-10(2)12-5-3-11(4-6-12)9-15-8-7-13(14)16-17/h3-6,10,15,17H,7-9H2,1-2H3,(H2,14,16). The van der Waals surface area contributed by atoms with Crippen molar-refractivity contribution in [2.45, 2.75) is 32.7 Å². The smallest absolute Gasteiger partial charge is 0.140 e. The van der Waals surface area contributed by atoms with E-state index in [-0.39, 0.29) is 5.84 Å². The molecule has 1 aromatic rings. The van der Waals surface area contributed by atoms with Crippen molar-refractivity contribution in [2.75, 3.05) is 6.54 Å². The van der Waals surface area contributed by atoms with Gasteiger partial charge in [0.05, 0.1) is 0 Å². The molecule has 0 heterocycles. The Morgan fingerprint density at radius 3 is 2.53 bits per heavy atom. The Hall–Kier alpha value is -1.55. The number of nitrogens with two attached hydrogens (primary N) is 1. The number of oxime groups is 1. The summed E-state index contributed by atoms with van der Waals surface area (Å²) >= 11 is 0. The molecule has 0 unspecified atom stereocenters. The average Bonchev–Trinajstić information content (AvgIpc) is 2.34. The Kier molecular flexibility index (Phi) is 5.49. The lowest BCUT2D eigenvalue weighted by Crippen LogP contribution is -2.21. The van der Waals surface area contributed by atoms with Crippen molar-refractivity contribution in [2.24, 2.45) is 10.9 Å². The van der Waals surface area contributed by atoms with Crippen LogP contribution in [0.25, 0.3) is 0 Å². The summed E-state index contributed by atoms with van der Waals surface area (Å²) in [6.45, 7) is 5.88. The molecule has 0 amide bonds. The lowest BCUT2D eigenvalue weighted by Gasteiger charge is -2.07. The molecule has 1 rings (SSSR count). The number of hydrogen-bond donors (Lipinski definition) is 3. The van der Waals surface area contributed by atoms with Crippen LogP contribution in [0.5, 0.6) is 0 Å². The number of nitrogens with one attached hydrogen (secondary N) is 1. The Morgan fingerprint density at radius 2 is 2.00 bits per heavy atom. The van der Waals surface area contributed by atoms with Crippen LogP contribution in [0.1, 0.15) is 37.3 Å². The monoisotopic (exact) mass is 235 g/mol. The second kappa shape index (κ2) is 6.91. The summed E-state index contributed by atoms with van der Waals surface area (Å²) in [7, 11) is 0. The van der Waals surface area contributed by atoms with Gasteiger partial charge in [0.15, 0.2) is 0 Å². The molecule has 1 aromatic carbocycles. The zero-order valence-electron chi connectivity index (χ0n) is 10.5. The highest BCUT2D eigenvalue weighted by Gasteiger charge is 1.99. The second-order valence-corrected chi connectivity index (χ2v) is 4.41. The van der Waals surface area contributed by atoms with Gasteiger partial charge in [-0.2, -0.15) is 0 Å². The van der Waals surface area contributed by atoms with Gasteiger partial charge >= 0.3 is 0 Å². The molecule has 0 aliphatic rings. The van der Waals surface area contributed by atoms with Crippen molar-refractivity contribution in [3.05, 3.63) is 35.4 Å². The summed E-state index contributed by atoms with van der Waals surface area (Å²) in [5.41, 5.74) is 7.96. The summed E-state index contributed by atoms with van der Waals surface area (Å²) in [5, 5.41) is 14.5. The van der Waals surface area contributed by atoms with E-state index in [1.165, 1.54) is 11.1 Å². The minimum Gasteiger partial charge on any atom is -0.409 e. The van der Waals surface area contributed by atoms with E-state index < -0.39 is 0 Å². The topological polar surface area (TPSA) is 70.6 Å². The SMILES string of the molecule is CC(C)c1ccc(CNCC/C(N)=N/O)cc1. The largest absolute Gasteiger partial charge is 0.409 e. The predicted molar refractivity (Wildman–Crippen MR) is 70.3 cm³/mol. The molecule has 0 aliphatic heterocycles. The van der Waals surface area contributed by atoms with Crippen LogP contribution in [-0.2, 0) is 6.54 Å². The molecule has 0 bridgehead atoms.